The van der Waals surface area contributed by atoms with Gasteiger partial charge in [-0.3, -0.25) is 19.2 Å². The predicted octanol–water partition coefficient (Wildman–Crippen LogP) is 0.430. The minimum Gasteiger partial charge on any atom is -0.342 e. The molecule has 0 N–H and O–H groups in total. The Bertz CT molecular complexity index is 503. The molecule has 2 amide bonds. The van der Waals surface area contributed by atoms with Gasteiger partial charge in [0.2, 0.25) is 11.8 Å². The molecule has 7 nitrogen and oxygen atoms in total. The fraction of sp³-hybridized carbons (Fsp3) is 0.706. The van der Waals surface area contributed by atoms with Crippen LogP contribution in [0.25, 0.3) is 0 Å². The third-order valence-electron chi connectivity index (χ3n) is 4.84. The van der Waals surface area contributed by atoms with E-state index in [1.54, 1.807) is 6.20 Å². The van der Waals surface area contributed by atoms with Crippen LogP contribution in [0, 0.1) is 0 Å². The molecule has 3 heterocycles. The van der Waals surface area contributed by atoms with Crippen LogP contribution in [-0.2, 0) is 16.1 Å². The lowest BCUT2D eigenvalue weighted by atomic mass is 10.3. The Morgan fingerprint density at radius 2 is 1.46 bits per heavy atom. The summed E-state index contributed by atoms with van der Waals surface area (Å²) in [5.74, 6) is 0.282. The molecule has 2 fully saturated rings. The zero-order valence-corrected chi connectivity index (χ0v) is 14.3. The number of likely N-dealkylation sites (tertiary alicyclic amines) is 2. The Hall–Kier alpha value is -1.89. The highest BCUT2D eigenvalue weighted by Crippen LogP contribution is 2.10. The second-order valence-electron chi connectivity index (χ2n) is 6.66. The van der Waals surface area contributed by atoms with E-state index in [2.05, 4.69) is 5.10 Å². The van der Waals surface area contributed by atoms with Gasteiger partial charge in [0.05, 0.1) is 19.6 Å². The van der Waals surface area contributed by atoms with Crippen molar-refractivity contribution in [3.8, 4) is 0 Å². The lowest BCUT2D eigenvalue weighted by Gasteiger charge is -2.26. The first-order valence-electron chi connectivity index (χ1n) is 8.98. The van der Waals surface area contributed by atoms with Crippen LogP contribution in [0.15, 0.2) is 18.5 Å². The molecule has 0 radical (unpaired) electrons. The van der Waals surface area contributed by atoms with Crippen LogP contribution in [0.4, 0.5) is 0 Å². The largest absolute Gasteiger partial charge is 0.342 e. The van der Waals surface area contributed by atoms with Gasteiger partial charge in [0.15, 0.2) is 0 Å². The number of aromatic nitrogens is 2. The molecule has 132 valence electrons. The summed E-state index contributed by atoms with van der Waals surface area (Å²) in [6.45, 7) is 5.39. The van der Waals surface area contributed by atoms with Crippen LogP contribution in [0.1, 0.15) is 25.7 Å². The van der Waals surface area contributed by atoms with E-state index in [9.17, 15) is 9.59 Å². The van der Waals surface area contributed by atoms with Crippen molar-refractivity contribution in [1.29, 1.82) is 0 Å². The maximum absolute atomic E-state index is 12.5. The number of hydrogen-bond acceptors (Lipinski definition) is 4. The zero-order chi connectivity index (χ0) is 16.8. The first kappa shape index (κ1) is 17.0. The molecule has 24 heavy (non-hydrogen) atoms. The van der Waals surface area contributed by atoms with Gasteiger partial charge in [-0.15, -0.1) is 0 Å². The van der Waals surface area contributed by atoms with Gasteiger partial charge < -0.3 is 9.80 Å². The van der Waals surface area contributed by atoms with Gasteiger partial charge in [-0.05, 0) is 31.7 Å². The molecule has 2 saturated heterocycles. The highest BCUT2D eigenvalue weighted by molar-refractivity contribution is 5.81. The summed E-state index contributed by atoms with van der Waals surface area (Å²) in [6.07, 6.45) is 8.01. The lowest BCUT2D eigenvalue weighted by Crippen LogP contribution is -2.45. The third-order valence-corrected chi connectivity index (χ3v) is 4.84. The van der Waals surface area contributed by atoms with Crippen LogP contribution >= 0.6 is 0 Å². The maximum Gasteiger partial charge on any atom is 0.236 e. The second kappa shape index (κ2) is 8.28. The summed E-state index contributed by atoms with van der Waals surface area (Å²) in [4.78, 5) is 30.7. The number of carbonyl (C=O) groups is 2. The van der Waals surface area contributed by atoms with Gasteiger partial charge in [-0.2, -0.15) is 5.10 Å². The van der Waals surface area contributed by atoms with Crippen molar-refractivity contribution in [2.45, 2.75) is 32.2 Å². The van der Waals surface area contributed by atoms with Crippen molar-refractivity contribution >= 4 is 11.8 Å². The fourth-order valence-electron chi connectivity index (χ4n) is 3.41. The minimum atomic E-state index is 0.141. The molecule has 0 aromatic carbocycles. The molecular weight excluding hydrogens is 306 g/mol. The molecule has 0 saturated carbocycles. The molecule has 7 heteroatoms. The fourth-order valence-corrected chi connectivity index (χ4v) is 3.41. The number of nitrogens with zero attached hydrogens (tertiary/aromatic N) is 5. The molecule has 0 spiro atoms. The Kier molecular flexibility index (Phi) is 5.85. The van der Waals surface area contributed by atoms with E-state index < -0.39 is 0 Å². The van der Waals surface area contributed by atoms with E-state index in [0.29, 0.717) is 26.2 Å². The number of hydrogen-bond donors (Lipinski definition) is 0. The third kappa shape index (κ3) is 4.56. The summed E-state index contributed by atoms with van der Waals surface area (Å²) < 4.78 is 1.84. The average molecular weight is 333 g/mol. The van der Waals surface area contributed by atoms with Gasteiger partial charge in [-0.25, -0.2) is 0 Å². The van der Waals surface area contributed by atoms with Crippen LogP contribution in [0.2, 0.25) is 0 Å². The van der Waals surface area contributed by atoms with E-state index in [0.717, 1.165) is 51.9 Å². The summed E-state index contributed by atoms with van der Waals surface area (Å²) in [5.41, 5.74) is 0. The van der Waals surface area contributed by atoms with Crippen molar-refractivity contribution < 1.29 is 9.59 Å². The Labute approximate surface area is 143 Å². The predicted molar refractivity (Wildman–Crippen MR) is 90.3 cm³/mol. The molecule has 0 aliphatic carbocycles. The number of amides is 2. The van der Waals surface area contributed by atoms with E-state index >= 15 is 0 Å². The van der Waals surface area contributed by atoms with Gasteiger partial charge in [-0.1, -0.05) is 0 Å². The molecular formula is C17H27N5O2. The molecule has 2 aliphatic rings. The summed E-state index contributed by atoms with van der Waals surface area (Å²) in [5, 5.41) is 4.20. The minimum absolute atomic E-state index is 0.141. The molecule has 1 aromatic heterocycles. The first-order valence-corrected chi connectivity index (χ1v) is 8.98. The number of carbonyl (C=O) groups excluding carboxylic acids is 2. The quantitative estimate of drug-likeness (QED) is 0.726. The van der Waals surface area contributed by atoms with Crippen molar-refractivity contribution in [3.63, 3.8) is 0 Å². The summed E-state index contributed by atoms with van der Waals surface area (Å²) >= 11 is 0. The van der Waals surface area contributed by atoms with Crippen LogP contribution in [0.3, 0.4) is 0 Å². The summed E-state index contributed by atoms with van der Waals surface area (Å²) in [7, 11) is 0. The summed E-state index contributed by atoms with van der Waals surface area (Å²) in [6, 6.07) is 1.88. The Morgan fingerprint density at radius 1 is 0.917 bits per heavy atom. The topological polar surface area (TPSA) is 61.7 Å². The normalized spacial score (nSPS) is 17.9. The van der Waals surface area contributed by atoms with Crippen LogP contribution < -0.4 is 0 Å². The molecule has 2 aliphatic heterocycles. The maximum atomic E-state index is 12.5. The molecule has 0 unspecified atom stereocenters. The highest BCUT2D eigenvalue weighted by atomic mass is 16.2. The molecule has 1 aromatic rings. The van der Waals surface area contributed by atoms with Crippen LogP contribution in [-0.4, -0.2) is 82.1 Å². The van der Waals surface area contributed by atoms with Gasteiger partial charge in [0.1, 0.15) is 0 Å². The van der Waals surface area contributed by atoms with Crippen molar-refractivity contribution in [2.24, 2.45) is 0 Å². The van der Waals surface area contributed by atoms with Crippen molar-refractivity contribution in [1.82, 2.24) is 24.5 Å². The molecule has 0 atom stereocenters. The van der Waals surface area contributed by atoms with Crippen LogP contribution in [0.5, 0.6) is 0 Å². The Morgan fingerprint density at radius 3 is 1.92 bits per heavy atom. The standard InChI is InChI=1S/C17H27N5O2/c23-16(20-7-1-2-8-20)14-19(12-13-22-11-5-6-18-22)15-17(24)21-9-3-4-10-21/h5-6,11H,1-4,7-10,12-15H2. The monoisotopic (exact) mass is 333 g/mol. The van der Waals surface area contributed by atoms with E-state index in [1.807, 2.05) is 31.6 Å². The average Bonchev–Trinajstić information content (AvgIpc) is 3.36. The molecule has 3 rings (SSSR count). The highest BCUT2D eigenvalue weighted by Gasteiger charge is 2.24. The van der Waals surface area contributed by atoms with Gasteiger partial charge >= 0.3 is 0 Å². The van der Waals surface area contributed by atoms with E-state index in [1.165, 1.54) is 0 Å². The Balaban J connectivity index is 1.56. The smallest absolute Gasteiger partial charge is 0.236 e. The SMILES string of the molecule is O=C(CN(CCn1cccn1)CC(=O)N1CCCC1)N1CCCC1. The van der Waals surface area contributed by atoms with Gasteiger partial charge in [0, 0.05) is 45.1 Å². The second-order valence-corrected chi connectivity index (χ2v) is 6.66. The lowest BCUT2D eigenvalue weighted by molar-refractivity contribution is -0.134. The van der Waals surface area contributed by atoms with E-state index in [-0.39, 0.29) is 11.8 Å². The van der Waals surface area contributed by atoms with E-state index in [4.69, 9.17) is 0 Å². The first-order chi connectivity index (χ1) is 11.7. The molecule has 0 bridgehead atoms. The van der Waals surface area contributed by atoms with Gasteiger partial charge in [0.25, 0.3) is 0 Å². The van der Waals surface area contributed by atoms with Crippen molar-refractivity contribution in [2.75, 3.05) is 45.8 Å². The number of rotatable bonds is 7. The zero-order valence-electron chi connectivity index (χ0n) is 14.3. The van der Waals surface area contributed by atoms with Crippen molar-refractivity contribution in [3.05, 3.63) is 18.5 Å².